The Kier molecular flexibility index (Phi) is 3.91. The van der Waals surface area contributed by atoms with Crippen molar-refractivity contribution in [2.75, 3.05) is 33.4 Å². The SMILES string of the molecule is C[N+](C)(C)CC(O)CSc1ncn[nH]1. The molecule has 1 unspecified atom stereocenters. The molecule has 0 spiro atoms. The second-order valence-electron chi connectivity index (χ2n) is 4.23. The Hall–Kier alpha value is -0.590. The zero-order chi connectivity index (χ0) is 10.6. The molecule has 0 aromatic carbocycles. The summed E-state index contributed by atoms with van der Waals surface area (Å²) in [5.41, 5.74) is 0. The summed E-state index contributed by atoms with van der Waals surface area (Å²) in [6.45, 7) is 0.737. The summed E-state index contributed by atoms with van der Waals surface area (Å²) in [7, 11) is 6.17. The number of quaternary nitrogens is 1. The molecule has 0 aliphatic rings. The summed E-state index contributed by atoms with van der Waals surface area (Å²) in [5, 5.41) is 16.9. The fraction of sp³-hybridized carbons (Fsp3) is 0.750. The van der Waals surface area contributed by atoms with Crippen LogP contribution in [0.2, 0.25) is 0 Å². The zero-order valence-corrected chi connectivity index (χ0v) is 9.58. The van der Waals surface area contributed by atoms with E-state index in [0.29, 0.717) is 5.75 Å². The number of likely N-dealkylation sites (N-methyl/N-ethyl adjacent to an activating group) is 1. The van der Waals surface area contributed by atoms with Crippen molar-refractivity contribution < 1.29 is 9.59 Å². The van der Waals surface area contributed by atoms with Gasteiger partial charge in [-0.2, -0.15) is 5.10 Å². The first-order valence-corrected chi connectivity index (χ1v) is 5.42. The van der Waals surface area contributed by atoms with Crippen molar-refractivity contribution in [3.63, 3.8) is 0 Å². The molecule has 0 fully saturated rings. The molecule has 5 nitrogen and oxygen atoms in total. The van der Waals surface area contributed by atoms with Crippen molar-refractivity contribution >= 4 is 11.8 Å². The first-order valence-electron chi connectivity index (χ1n) is 4.44. The molecule has 1 atom stereocenters. The smallest absolute Gasteiger partial charge is 0.183 e. The highest BCUT2D eigenvalue weighted by Crippen LogP contribution is 2.12. The van der Waals surface area contributed by atoms with E-state index in [1.165, 1.54) is 18.1 Å². The molecule has 1 rings (SSSR count). The van der Waals surface area contributed by atoms with Crippen LogP contribution in [0.3, 0.4) is 0 Å². The second-order valence-corrected chi connectivity index (χ2v) is 5.24. The summed E-state index contributed by atoms with van der Waals surface area (Å²) in [4.78, 5) is 3.96. The van der Waals surface area contributed by atoms with Gasteiger partial charge in [0.25, 0.3) is 0 Å². The molecule has 14 heavy (non-hydrogen) atoms. The standard InChI is InChI=1S/C8H17N4OS/c1-12(2,3)4-7(13)5-14-8-9-6-10-11-8/h6-7,13H,4-5H2,1-3H3,(H,9,10,11)/q+1. The molecule has 0 aliphatic heterocycles. The van der Waals surface area contributed by atoms with Crippen LogP contribution in [0.4, 0.5) is 0 Å². The molecular weight excluding hydrogens is 200 g/mol. The number of nitrogens with one attached hydrogen (secondary N) is 1. The summed E-state index contributed by atoms with van der Waals surface area (Å²) in [6, 6.07) is 0. The van der Waals surface area contributed by atoms with E-state index in [1.807, 2.05) is 0 Å². The van der Waals surface area contributed by atoms with Gasteiger partial charge < -0.3 is 9.59 Å². The van der Waals surface area contributed by atoms with E-state index < -0.39 is 0 Å². The Bertz CT molecular complexity index is 257. The molecule has 6 heteroatoms. The fourth-order valence-corrected chi connectivity index (χ4v) is 1.82. The van der Waals surface area contributed by atoms with Crippen LogP contribution < -0.4 is 0 Å². The number of rotatable bonds is 5. The number of aromatic nitrogens is 3. The van der Waals surface area contributed by atoms with Gasteiger partial charge in [-0.3, -0.25) is 5.10 Å². The molecule has 80 valence electrons. The maximum atomic E-state index is 9.69. The number of H-pyrrole nitrogens is 1. The van der Waals surface area contributed by atoms with Gasteiger partial charge in [0.1, 0.15) is 19.0 Å². The Labute approximate surface area is 88.1 Å². The maximum absolute atomic E-state index is 9.69. The lowest BCUT2D eigenvalue weighted by molar-refractivity contribution is -0.873. The van der Waals surface area contributed by atoms with Crippen LogP contribution in [-0.4, -0.2) is 64.3 Å². The van der Waals surface area contributed by atoms with Gasteiger partial charge in [0.2, 0.25) is 0 Å². The summed E-state index contributed by atoms with van der Waals surface area (Å²) in [5.74, 6) is 0.644. The highest BCUT2D eigenvalue weighted by molar-refractivity contribution is 7.99. The maximum Gasteiger partial charge on any atom is 0.183 e. The van der Waals surface area contributed by atoms with E-state index in [9.17, 15) is 5.11 Å². The zero-order valence-electron chi connectivity index (χ0n) is 8.77. The summed E-state index contributed by atoms with van der Waals surface area (Å²) < 4.78 is 0.762. The van der Waals surface area contributed by atoms with Crippen molar-refractivity contribution in [3.8, 4) is 0 Å². The molecule has 0 saturated heterocycles. The van der Waals surface area contributed by atoms with Crippen molar-refractivity contribution in [3.05, 3.63) is 6.33 Å². The van der Waals surface area contributed by atoms with E-state index >= 15 is 0 Å². The van der Waals surface area contributed by atoms with Gasteiger partial charge in [-0.05, 0) is 0 Å². The molecule has 0 bridgehead atoms. The Morgan fingerprint density at radius 1 is 1.57 bits per heavy atom. The minimum atomic E-state index is -0.315. The van der Waals surface area contributed by atoms with Crippen LogP contribution >= 0.6 is 11.8 Å². The van der Waals surface area contributed by atoms with Gasteiger partial charge in [0, 0.05) is 5.75 Å². The van der Waals surface area contributed by atoms with Gasteiger partial charge in [-0.1, -0.05) is 11.8 Å². The summed E-state index contributed by atoms with van der Waals surface area (Å²) >= 11 is 1.49. The van der Waals surface area contributed by atoms with Gasteiger partial charge in [0.05, 0.1) is 21.1 Å². The second kappa shape index (κ2) is 4.77. The lowest BCUT2D eigenvalue weighted by atomic mass is 10.3. The van der Waals surface area contributed by atoms with Crippen LogP contribution in [0, 0.1) is 0 Å². The predicted molar refractivity (Wildman–Crippen MR) is 56.0 cm³/mol. The van der Waals surface area contributed by atoms with Crippen LogP contribution in [0.5, 0.6) is 0 Å². The average molecular weight is 217 g/mol. The molecule has 2 N–H and O–H groups in total. The third-order valence-electron chi connectivity index (χ3n) is 1.56. The van der Waals surface area contributed by atoms with Crippen LogP contribution in [-0.2, 0) is 0 Å². The largest absolute Gasteiger partial charge is 0.386 e. The Morgan fingerprint density at radius 2 is 2.29 bits per heavy atom. The Morgan fingerprint density at radius 3 is 2.79 bits per heavy atom. The van der Waals surface area contributed by atoms with Crippen molar-refractivity contribution in [2.24, 2.45) is 0 Å². The molecular formula is C8H17N4OS+. The lowest BCUT2D eigenvalue weighted by Crippen LogP contribution is -2.42. The van der Waals surface area contributed by atoms with Crippen molar-refractivity contribution in [1.82, 2.24) is 15.2 Å². The number of aliphatic hydroxyl groups excluding tert-OH is 1. The fourth-order valence-electron chi connectivity index (χ4n) is 1.12. The number of aliphatic hydroxyl groups is 1. The van der Waals surface area contributed by atoms with Gasteiger partial charge in [-0.25, -0.2) is 4.98 Å². The number of nitrogens with zero attached hydrogens (tertiary/aromatic N) is 3. The summed E-state index contributed by atoms with van der Waals surface area (Å²) in [6.07, 6.45) is 1.15. The highest BCUT2D eigenvalue weighted by atomic mass is 32.2. The molecule has 0 aliphatic carbocycles. The highest BCUT2D eigenvalue weighted by Gasteiger charge is 2.15. The van der Waals surface area contributed by atoms with Gasteiger partial charge >= 0.3 is 0 Å². The van der Waals surface area contributed by atoms with Gasteiger partial charge in [0.15, 0.2) is 5.16 Å². The van der Waals surface area contributed by atoms with E-state index in [1.54, 1.807) is 0 Å². The van der Waals surface area contributed by atoms with Crippen LogP contribution in [0.15, 0.2) is 11.5 Å². The molecule has 1 heterocycles. The monoisotopic (exact) mass is 217 g/mol. The van der Waals surface area contributed by atoms with E-state index in [4.69, 9.17) is 0 Å². The quantitative estimate of drug-likeness (QED) is 0.537. The molecule has 0 saturated carbocycles. The van der Waals surface area contributed by atoms with E-state index in [0.717, 1.165) is 16.2 Å². The topological polar surface area (TPSA) is 61.8 Å². The number of thioether (sulfide) groups is 1. The third-order valence-corrected chi connectivity index (χ3v) is 2.59. The minimum Gasteiger partial charge on any atom is -0.386 e. The average Bonchev–Trinajstić information content (AvgIpc) is 2.49. The molecule has 0 amide bonds. The third kappa shape index (κ3) is 4.59. The molecule has 0 radical (unpaired) electrons. The Balaban J connectivity index is 2.25. The number of hydrogen-bond acceptors (Lipinski definition) is 4. The van der Waals surface area contributed by atoms with E-state index in [2.05, 4.69) is 36.3 Å². The predicted octanol–water partition coefficient (Wildman–Crippen LogP) is -0.0361. The van der Waals surface area contributed by atoms with Crippen molar-refractivity contribution in [2.45, 2.75) is 11.3 Å². The minimum absolute atomic E-state index is 0.315. The first-order chi connectivity index (χ1) is 6.47. The molecule has 1 aromatic rings. The van der Waals surface area contributed by atoms with Crippen molar-refractivity contribution in [1.29, 1.82) is 0 Å². The van der Waals surface area contributed by atoms with Gasteiger partial charge in [-0.15, -0.1) is 0 Å². The number of aromatic amines is 1. The number of hydrogen-bond donors (Lipinski definition) is 2. The molecule has 1 aromatic heterocycles. The first kappa shape index (κ1) is 11.5. The van der Waals surface area contributed by atoms with Crippen LogP contribution in [0.25, 0.3) is 0 Å². The lowest BCUT2D eigenvalue weighted by Gasteiger charge is -2.26. The van der Waals surface area contributed by atoms with Crippen LogP contribution in [0.1, 0.15) is 0 Å². The van der Waals surface area contributed by atoms with E-state index in [-0.39, 0.29) is 6.10 Å². The normalized spacial score (nSPS) is 14.3.